The van der Waals surface area contributed by atoms with Gasteiger partial charge in [-0.25, -0.2) is 4.79 Å². The van der Waals surface area contributed by atoms with Crippen molar-refractivity contribution in [2.75, 3.05) is 41.7 Å². The highest BCUT2D eigenvalue weighted by Gasteiger charge is 2.16. The molecule has 0 amide bonds. The highest BCUT2D eigenvalue weighted by molar-refractivity contribution is 5.83. The van der Waals surface area contributed by atoms with Crippen LogP contribution in [0.3, 0.4) is 0 Å². The number of aromatic nitrogens is 3. The number of nitrogens with zero attached hydrogens (tertiary/aromatic N) is 4. The molecule has 0 spiro atoms. The predicted molar refractivity (Wildman–Crippen MR) is 114 cm³/mol. The lowest BCUT2D eigenvalue weighted by Gasteiger charge is -2.27. The summed E-state index contributed by atoms with van der Waals surface area (Å²) < 4.78 is 5.33. The molecule has 9 heteroatoms. The van der Waals surface area contributed by atoms with Gasteiger partial charge < -0.3 is 25.7 Å². The molecule has 1 fully saturated rings. The van der Waals surface area contributed by atoms with Gasteiger partial charge in [0.25, 0.3) is 0 Å². The Kier molecular flexibility index (Phi) is 5.57. The maximum absolute atomic E-state index is 11.7. The van der Waals surface area contributed by atoms with E-state index in [1.807, 2.05) is 19.1 Å². The quantitative estimate of drug-likeness (QED) is 0.540. The number of hydrogen-bond acceptors (Lipinski definition) is 9. The molecule has 1 aromatic carbocycles. The standard InChI is InChI=1S/C20H25N7O2/c1-13-11-17(28)29-16-12-14(5-6-15(13)16)23-19-24-18(22-8-7-21)25-20(26-19)27-9-3-2-4-10-27/h5-6,11-12H,2-4,7-10,21H2,1H3,(H2,22,23,24,25,26). The Bertz CT molecular complexity index is 1060. The second-order valence-corrected chi connectivity index (χ2v) is 7.13. The minimum Gasteiger partial charge on any atom is -0.423 e. The van der Waals surface area contributed by atoms with E-state index in [0.717, 1.165) is 42.6 Å². The van der Waals surface area contributed by atoms with Crippen LogP contribution in [0.5, 0.6) is 0 Å². The molecule has 152 valence electrons. The van der Waals surface area contributed by atoms with E-state index in [1.165, 1.54) is 12.5 Å². The molecule has 0 saturated carbocycles. The van der Waals surface area contributed by atoms with Crippen LogP contribution < -0.4 is 26.9 Å². The Balaban J connectivity index is 1.66. The van der Waals surface area contributed by atoms with Crippen LogP contribution in [0.25, 0.3) is 11.0 Å². The van der Waals surface area contributed by atoms with Crippen molar-refractivity contribution in [1.29, 1.82) is 0 Å². The van der Waals surface area contributed by atoms with Crippen LogP contribution in [0.2, 0.25) is 0 Å². The molecule has 4 N–H and O–H groups in total. The third-order valence-electron chi connectivity index (χ3n) is 4.90. The van der Waals surface area contributed by atoms with E-state index in [4.69, 9.17) is 10.2 Å². The fraction of sp³-hybridized carbons (Fsp3) is 0.400. The Morgan fingerprint density at radius 3 is 2.69 bits per heavy atom. The lowest BCUT2D eigenvalue weighted by molar-refractivity contribution is 0.560. The molecule has 0 unspecified atom stereocenters. The molecule has 1 aliphatic heterocycles. The van der Waals surface area contributed by atoms with Gasteiger partial charge in [-0.05, 0) is 43.9 Å². The van der Waals surface area contributed by atoms with Crippen LogP contribution in [-0.4, -0.2) is 41.1 Å². The maximum atomic E-state index is 11.7. The van der Waals surface area contributed by atoms with Crippen LogP contribution in [-0.2, 0) is 0 Å². The summed E-state index contributed by atoms with van der Waals surface area (Å²) in [5, 5.41) is 7.23. The SMILES string of the molecule is Cc1cc(=O)oc2cc(Nc3nc(NCCN)nc(N4CCCCC4)n3)ccc12. The smallest absolute Gasteiger partial charge is 0.336 e. The van der Waals surface area contributed by atoms with Crippen LogP contribution in [0.15, 0.2) is 33.5 Å². The zero-order valence-corrected chi connectivity index (χ0v) is 16.4. The fourth-order valence-electron chi connectivity index (χ4n) is 3.45. The topological polar surface area (TPSA) is 122 Å². The van der Waals surface area contributed by atoms with Crippen molar-refractivity contribution < 1.29 is 4.42 Å². The molecule has 1 aliphatic rings. The van der Waals surface area contributed by atoms with E-state index in [2.05, 4.69) is 30.5 Å². The summed E-state index contributed by atoms with van der Waals surface area (Å²) >= 11 is 0. The van der Waals surface area contributed by atoms with E-state index in [0.29, 0.717) is 36.5 Å². The third kappa shape index (κ3) is 4.45. The zero-order valence-electron chi connectivity index (χ0n) is 16.4. The van der Waals surface area contributed by atoms with Gasteiger partial charge in [0.05, 0.1) is 0 Å². The number of anilines is 4. The van der Waals surface area contributed by atoms with Gasteiger partial charge in [-0.2, -0.15) is 15.0 Å². The summed E-state index contributed by atoms with van der Waals surface area (Å²) in [4.78, 5) is 27.5. The number of nitrogens with one attached hydrogen (secondary N) is 2. The number of aryl methyl sites for hydroxylation is 1. The first-order valence-corrected chi connectivity index (χ1v) is 9.89. The highest BCUT2D eigenvalue weighted by Crippen LogP contribution is 2.24. The monoisotopic (exact) mass is 395 g/mol. The van der Waals surface area contributed by atoms with Gasteiger partial charge in [0, 0.05) is 49.4 Å². The summed E-state index contributed by atoms with van der Waals surface area (Å²) in [5.41, 5.74) is 7.36. The molecule has 4 rings (SSSR count). The number of piperidine rings is 1. The molecule has 0 bridgehead atoms. The fourth-order valence-corrected chi connectivity index (χ4v) is 3.45. The third-order valence-corrected chi connectivity index (χ3v) is 4.90. The first-order valence-electron chi connectivity index (χ1n) is 9.89. The minimum absolute atomic E-state index is 0.368. The van der Waals surface area contributed by atoms with Crippen LogP contribution >= 0.6 is 0 Å². The van der Waals surface area contributed by atoms with Gasteiger partial charge in [-0.15, -0.1) is 0 Å². The van der Waals surface area contributed by atoms with E-state index in [-0.39, 0.29) is 5.63 Å². The molecular weight excluding hydrogens is 370 g/mol. The zero-order chi connectivity index (χ0) is 20.2. The van der Waals surface area contributed by atoms with E-state index in [1.54, 1.807) is 6.07 Å². The van der Waals surface area contributed by atoms with Gasteiger partial charge in [0.2, 0.25) is 17.8 Å². The molecule has 2 aromatic heterocycles. The molecule has 1 saturated heterocycles. The van der Waals surface area contributed by atoms with Crippen LogP contribution in [0.4, 0.5) is 23.5 Å². The molecule has 9 nitrogen and oxygen atoms in total. The Morgan fingerprint density at radius 1 is 1.10 bits per heavy atom. The largest absolute Gasteiger partial charge is 0.423 e. The number of hydrogen-bond donors (Lipinski definition) is 3. The predicted octanol–water partition coefficient (Wildman–Crippen LogP) is 2.39. The van der Waals surface area contributed by atoms with Crippen molar-refractivity contribution in [2.24, 2.45) is 5.73 Å². The Morgan fingerprint density at radius 2 is 1.90 bits per heavy atom. The van der Waals surface area contributed by atoms with Crippen LogP contribution in [0.1, 0.15) is 24.8 Å². The second-order valence-electron chi connectivity index (χ2n) is 7.13. The summed E-state index contributed by atoms with van der Waals surface area (Å²) in [7, 11) is 0. The number of benzene rings is 1. The normalized spacial score (nSPS) is 14.2. The molecule has 3 heterocycles. The average Bonchev–Trinajstić information content (AvgIpc) is 2.72. The Labute approximate surface area is 168 Å². The van der Waals surface area contributed by atoms with Crippen molar-refractivity contribution in [3.8, 4) is 0 Å². The van der Waals surface area contributed by atoms with Crippen molar-refractivity contribution in [3.63, 3.8) is 0 Å². The number of rotatable bonds is 6. The van der Waals surface area contributed by atoms with E-state index >= 15 is 0 Å². The summed E-state index contributed by atoms with van der Waals surface area (Å²) in [5.74, 6) is 1.55. The lowest BCUT2D eigenvalue weighted by Crippen LogP contribution is -2.31. The molecule has 3 aromatic rings. The second kappa shape index (κ2) is 8.44. The van der Waals surface area contributed by atoms with Gasteiger partial charge in [-0.1, -0.05) is 0 Å². The average molecular weight is 395 g/mol. The number of fused-ring (bicyclic) bond motifs is 1. The van der Waals surface area contributed by atoms with Gasteiger partial charge in [-0.3, -0.25) is 0 Å². The first kappa shape index (κ1) is 19.1. The number of nitrogens with two attached hydrogens (primary N) is 1. The summed E-state index contributed by atoms with van der Waals surface area (Å²) in [6, 6.07) is 7.09. The Hall–Kier alpha value is -3.20. The molecule has 29 heavy (non-hydrogen) atoms. The van der Waals surface area contributed by atoms with Crippen molar-refractivity contribution >= 4 is 34.5 Å². The first-order chi connectivity index (χ1) is 14.1. The molecule has 0 radical (unpaired) electrons. The molecular formula is C20H25N7O2. The van der Waals surface area contributed by atoms with Gasteiger partial charge in [0.15, 0.2) is 0 Å². The van der Waals surface area contributed by atoms with Gasteiger partial charge in [0.1, 0.15) is 5.58 Å². The minimum atomic E-state index is -0.368. The molecule has 0 atom stereocenters. The van der Waals surface area contributed by atoms with Crippen molar-refractivity contribution in [3.05, 3.63) is 40.2 Å². The summed E-state index contributed by atoms with van der Waals surface area (Å²) in [6.07, 6.45) is 3.48. The van der Waals surface area contributed by atoms with E-state index < -0.39 is 0 Å². The maximum Gasteiger partial charge on any atom is 0.336 e. The van der Waals surface area contributed by atoms with Crippen molar-refractivity contribution in [1.82, 2.24) is 15.0 Å². The highest BCUT2D eigenvalue weighted by atomic mass is 16.4. The van der Waals surface area contributed by atoms with Gasteiger partial charge >= 0.3 is 5.63 Å². The van der Waals surface area contributed by atoms with E-state index in [9.17, 15) is 4.79 Å². The van der Waals surface area contributed by atoms with Crippen LogP contribution in [0, 0.1) is 6.92 Å². The lowest BCUT2D eigenvalue weighted by atomic mass is 10.1. The summed E-state index contributed by atoms with van der Waals surface area (Å²) in [6.45, 7) is 4.80. The molecule has 0 aliphatic carbocycles. The van der Waals surface area contributed by atoms with Crippen molar-refractivity contribution in [2.45, 2.75) is 26.2 Å².